The minimum Gasteiger partial charge on any atom is -0.377 e. The van der Waals surface area contributed by atoms with Gasteiger partial charge >= 0.3 is 0 Å². The summed E-state index contributed by atoms with van der Waals surface area (Å²) < 4.78 is 31.4. The van der Waals surface area contributed by atoms with Gasteiger partial charge in [-0.2, -0.15) is 0 Å². The molecule has 2 aliphatic rings. The Morgan fingerprint density at radius 3 is 2.76 bits per heavy atom. The number of piperidine rings is 1. The van der Waals surface area contributed by atoms with E-state index < -0.39 is 10.0 Å². The van der Waals surface area contributed by atoms with Crippen molar-refractivity contribution < 1.29 is 13.2 Å². The van der Waals surface area contributed by atoms with E-state index in [0.717, 1.165) is 25.7 Å². The zero-order chi connectivity index (χ0) is 12.3. The molecule has 0 aromatic rings. The Morgan fingerprint density at radius 2 is 2.12 bits per heavy atom. The highest BCUT2D eigenvalue weighted by Crippen LogP contribution is 2.22. The molecule has 0 saturated carbocycles. The molecule has 0 bridgehead atoms. The van der Waals surface area contributed by atoms with Crippen LogP contribution in [0.5, 0.6) is 0 Å². The van der Waals surface area contributed by atoms with E-state index in [1.54, 1.807) is 4.31 Å². The highest BCUT2D eigenvalue weighted by molar-refractivity contribution is 7.89. The maximum absolute atomic E-state index is 12.2. The second kappa shape index (κ2) is 5.87. The van der Waals surface area contributed by atoms with Crippen molar-refractivity contribution in [2.24, 2.45) is 5.92 Å². The molecular weight excluding hydrogens is 262 g/mol. The lowest BCUT2D eigenvalue weighted by atomic mass is 10.0. The van der Waals surface area contributed by atoms with Gasteiger partial charge in [0.05, 0.1) is 11.9 Å². The molecule has 2 heterocycles. The second-order valence-corrected chi connectivity index (χ2v) is 7.26. The highest BCUT2D eigenvalue weighted by atomic mass is 35.5. The van der Waals surface area contributed by atoms with Crippen molar-refractivity contribution in [3.05, 3.63) is 0 Å². The van der Waals surface area contributed by atoms with E-state index in [-0.39, 0.29) is 11.9 Å². The molecule has 2 rings (SSSR count). The third-order valence-electron chi connectivity index (χ3n) is 3.51. The fourth-order valence-corrected chi connectivity index (χ4v) is 4.56. The minimum absolute atomic E-state index is 0.101. The Balaban J connectivity index is 1.94. The van der Waals surface area contributed by atoms with E-state index in [4.69, 9.17) is 16.3 Å². The van der Waals surface area contributed by atoms with Crippen molar-refractivity contribution >= 4 is 21.6 Å². The van der Waals surface area contributed by atoms with Gasteiger partial charge in [0.25, 0.3) is 0 Å². The zero-order valence-electron chi connectivity index (χ0n) is 9.98. The molecule has 2 atom stereocenters. The Labute approximate surface area is 108 Å². The van der Waals surface area contributed by atoms with Gasteiger partial charge in [-0.3, -0.25) is 0 Å². The first-order chi connectivity index (χ1) is 8.12. The number of hydrogen-bond acceptors (Lipinski definition) is 3. The quantitative estimate of drug-likeness (QED) is 0.733. The normalized spacial score (nSPS) is 31.8. The van der Waals surface area contributed by atoms with Crippen LogP contribution in [0, 0.1) is 5.92 Å². The molecule has 0 radical (unpaired) electrons. The summed E-state index contributed by atoms with van der Waals surface area (Å²) in [6.07, 6.45) is 3.70. The molecule has 0 aromatic heterocycles. The van der Waals surface area contributed by atoms with Gasteiger partial charge in [-0.25, -0.2) is 12.7 Å². The average Bonchev–Trinajstić information content (AvgIpc) is 2.81. The number of sulfonamides is 1. The summed E-state index contributed by atoms with van der Waals surface area (Å²) in [6.45, 7) is 1.92. The van der Waals surface area contributed by atoms with Gasteiger partial charge in [0.15, 0.2) is 0 Å². The lowest BCUT2D eigenvalue weighted by molar-refractivity contribution is 0.126. The van der Waals surface area contributed by atoms with E-state index in [1.807, 2.05) is 0 Å². The lowest BCUT2D eigenvalue weighted by Gasteiger charge is -2.31. The number of halogens is 1. The van der Waals surface area contributed by atoms with Crippen LogP contribution >= 0.6 is 11.6 Å². The SMILES string of the molecule is O=S(=O)(CC1CCCO1)N1CCCC(CCl)C1. The van der Waals surface area contributed by atoms with Crippen LogP contribution in [-0.2, 0) is 14.8 Å². The molecule has 2 aliphatic heterocycles. The number of nitrogens with zero attached hydrogens (tertiary/aromatic N) is 1. The molecule has 2 saturated heterocycles. The molecule has 0 N–H and O–H groups in total. The summed E-state index contributed by atoms with van der Waals surface area (Å²) in [4.78, 5) is 0. The molecule has 2 fully saturated rings. The molecule has 0 spiro atoms. The van der Waals surface area contributed by atoms with Gasteiger partial charge in [0.2, 0.25) is 10.0 Å². The van der Waals surface area contributed by atoms with Crippen molar-refractivity contribution in [2.75, 3.05) is 31.3 Å². The van der Waals surface area contributed by atoms with Crippen LogP contribution in [0.25, 0.3) is 0 Å². The largest absolute Gasteiger partial charge is 0.377 e. The van der Waals surface area contributed by atoms with Crippen molar-refractivity contribution in [1.82, 2.24) is 4.31 Å². The maximum atomic E-state index is 12.2. The van der Waals surface area contributed by atoms with Crippen molar-refractivity contribution in [3.63, 3.8) is 0 Å². The van der Waals surface area contributed by atoms with E-state index >= 15 is 0 Å². The van der Waals surface area contributed by atoms with Crippen LogP contribution in [0.3, 0.4) is 0 Å². The van der Waals surface area contributed by atoms with E-state index in [0.29, 0.717) is 31.5 Å². The number of hydrogen-bond donors (Lipinski definition) is 0. The predicted octanol–water partition coefficient (Wildman–Crippen LogP) is 1.45. The molecule has 0 aromatic carbocycles. The fourth-order valence-electron chi connectivity index (χ4n) is 2.52. The minimum atomic E-state index is -3.16. The van der Waals surface area contributed by atoms with Crippen LogP contribution < -0.4 is 0 Å². The van der Waals surface area contributed by atoms with Crippen molar-refractivity contribution in [3.8, 4) is 0 Å². The van der Waals surface area contributed by atoms with Gasteiger partial charge < -0.3 is 4.74 Å². The Bertz CT molecular complexity index is 341. The maximum Gasteiger partial charge on any atom is 0.216 e. The topological polar surface area (TPSA) is 46.6 Å². The highest BCUT2D eigenvalue weighted by Gasteiger charge is 2.31. The first kappa shape index (κ1) is 13.6. The van der Waals surface area contributed by atoms with E-state index in [9.17, 15) is 8.42 Å². The number of ether oxygens (including phenoxy) is 1. The molecular formula is C11H20ClNO3S. The van der Waals surface area contributed by atoms with Gasteiger partial charge in [-0.05, 0) is 31.6 Å². The van der Waals surface area contributed by atoms with Crippen LogP contribution in [0.15, 0.2) is 0 Å². The van der Waals surface area contributed by atoms with Gasteiger partial charge in [0, 0.05) is 25.6 Å². The summed E-state index contributed by atoms with van der Waals surface area (Å²) >= 11 is 5.82. The Morgan fingerprint density at radius 1 is 1.29 bits per heavy atom. The third-order valence-corrected chi connectivity index (χ3v) is 5.86. The van der Waals surface area contributed by atoms with Crippen LogP contribution in [0.2, 0.25) is 0 Å². The van der Waals surface area contributed by atoms with E-state index in [2.05, 4.69) is 0 Å². The lowest BCUT2D eigenvalue weighted by Crippen LogP contribution is -2.43. The smallest absolute Gasteiger partial charge is 0.216 e. The standard InChI is InChI=1S/C11H20ClNO3S/c12-7-10-3-1-5-13(8-10)17(14,15)9-11-4-2-6-16-11/h10-11H,1-9H2. The first-order valence-electron chi connectivity index (χ1n) is 6.27. The van der Waals surface area contributed by atoms with Crippen molar-refractivity contribution in [1.29, 1.82) is 0 Å². The molecule has 0 amide bonds. The monoisotopic (exact) mass is 281 g/mol. The van der Waals surface area contributed by atoms with E-state index in [1.165, 1.54) is 0 Å². The average molecular weight is 282 g/mol. The third kappa shape index (κ3) is 3.56. The summed E-state index contributed by atoms with van der Waals surface area (Å²) in [5.74, 6) is 0.998. The number of alkyl halides is 1. The predicted molar refractivity (Wildman–Crippen MR) is 67.8 cm³/mol. The zero-order valence-corrected chi connectivity index (χ0v) is 11.5. The molecule has 6 heteroatoms. The van der Waals surface area contributed by atoms with Gasteiger partial charge in [0.1, 0.15) is 0 Å². The Hall–Kier alpha value is 0.160. The first-order valence-corrected chi connectivity index (χ1v) is 8.41. The van der Waals surface area contributed by atoms with Crippen molar-refractivity contribution in [2.45, 2.75) is 31.8 Å². The van der Waals surface area contributed by atoms with Crippen LogP contribution in [0.1, 0.15) is 25.7 Å². The summed E-state index contributed by atoms with van der Waals surface area (Å²) in [7, 11) is -3.16. The fraction of sp³-hybridized carbons (Fsp3) is 1.00. The molecule has 0 aliphatic carbocycles. The molecule has 2 unspecified atom stereocenters. The Kier molecular flexibility index (Phi) is 4.69. The number of rotatable bonds is 4. The summed E-state index contributed by atoms with van der Waals surface area (Å²) in [5, 5.41) is 0. The van der Waals surface area contributed by atoms with Gasteiger partial charge in [-0.15, -0.1) is 11.6 Å². The summed E-state index contributed by atoms with van der Waals surface area (Å²) in [5.41, 5.74) is 0. The second-order valence-electron chi connectivity index (χ2n) is 4.93. The molecule has 4 nitrogen and oxygen atoms in total. The van der Waals surface area contributed by atoms with Crippen LogP contribution in [0.4, 0.5) is 0 Å². The molecule has 17 heavy (non-hydrogen) atoms. The van der Waals surface area contributed by atoms with Crippen LogP contribution in [-0.4, -0.2) is 50.2 Å². The molecule has 100 valence electrons. The van der Waals surface area contributed by atoms with Gasteiger partial charge in [-0.1, -0.05) is 0 Å². The summed E-state index contributed by atoms with van der Waals surface area (Å²) in [6, 6.07) is 0.